The Morgan fingerprint density at radius 3 is 2.33 bits per heavy atom. The van der Waals surface area contributed by atoms with Crippen molar-refractivity contribution < 1.29 is 18.3 Å². The number of halogens is 2. The largest absolute Gasteiger partial charge is 0.378 e. The van der Waals surface area contributed by atoms with Crippen LogP contribution in [0.15, 0.2) is 6.20 Å². The Kier molecular flexibility index (Phi) is 8.91. The number of hydrogen-bond donors (Lipinski definition) is 2. The zero-order chi connectivity index (χ0) is 27.2. The molecule has 2 aromatic rings. The molecule has 3 fully saturated rings. The number of carbonyl (C=O) groups excluding carboxylic acids is 1. The summed E-state index contributed by atoms with van der Waals surface area (Å²) in [4.78, 5) is 40.0. The quantitative estimate of drug-likeness (QED) is 0.498. The van der Waals surface area contributed by atoms with Crippen LogP contribution in [0, 0.1) is 5.92 Å². The average molecular weight is 547 g/mol. The van der Waals surface area contributed by atoms with Gasteiger partial charge in [-0.1, -0.05) is 0 Å². The van der Waals surface area contributed by atoms with Crippen molar-refractivity contribution in [3.8, 4) is 11.4 Å². The Morgan fingerprint density at radius 2 is 1.67 bits per heavy atom. The van der Waals surface area contributed by atoms with Crippen LogP contribution in [0.3, 0.4) is 0 Å². The second kappa shape index (κ2) is 12.7. The maximum absolute atomic E-state index is 13.8. The highest BCUT2D eigenvalue weighted by molar-refractivity contribution is 5.76. The van der Waals surface area contributed by atoms with E-state index >= 15 is 0 Å². The highest BCUT2D eigenvalue weighted by atomic mass is 19.3. The third kappa shape index (κ3) is 6.85. The Labute approximate surface area is 226 Å². The summed E-state index contributed by atoms with van der Waals surface area (Å²) in [5.74, 6) is 1.46. The standard InChI is InChI=1S/C25H36F2N10O2/c26-21(27)20-18(16-30-23(28)31-20)22-32-24(34-25(33-22)37-12-14-39-15-13-37)36-10-8-35(9-11-36)19(38)3-1-2-17-4-6-29-7-5-17/h16-17,21,29H,1-15H2,(H2,28,30,31). The summed E-state index contributed by atoms with van der Waals surface area (Å²) in [6.45, 7) is 6.48. The fourth-order valence-electron chi connectivity index (χ4n) is 5.29. The molecule has 3 N–H and O–H groups in total. The molecular weight excluding hydrogens is 510 g/mol. The zero-order valence-corrected chi connectivity index (χ0v) is 22.1. The lowest BCUT2D eigenvalue weighted by Gasteiger charge is -2.35. The number of nitrogens with two attached hydrogens (primary N) is 1. The second-order valence-electron chi connectivity index (χ2n) is 10.1. The Morgan fingerprint density at radius 1 is 1.00 bits per heavy atom. The van der Waals surface area contributed by atoms with Crippen molar-refractivity contribution in [2.45, 2.75) is 38.5 Å². The third-order valence-corrected chi connectivity index (χ3v) is 7.57. The van der Waals surface area contributed by atoms with E-state index in [1.54, 1.807) is 0 Å². The monoisotopic (exact) mass is 546 g/mol. The second-order valence-corrected chi connectivity index (χ2v) is 10.1. The number of rotatable bonds is 8. The minimum atomic E-state index is -2.87. The van der Waals surface area contributed by atoms with Gasteiger partial charge < -0.3 is 30.5 Å². The van der Waals surface area contributed by atoms with E-state index in [1.807, 2.05) is 14.7 Å². The number of alkyl halides is 2. The molecule has 0 aromatic carbocycles. The van der Waals surface area contributed by atoms with Gasteiger partial charge in [0.2, 0.25) is 23.8 Å². The molecule has 3 saturated heterocycles. The van der Waals surface area contributed by atoms with Gasteiger partial charge >= 0.3 is 0 Å². The molecule has 0 saturated carbocycles. The summed E-state index contributed by atoms with van der Waals surface area (Å²) in [6, 6.07) is 0. The minimum Gasteiger partial charge on any atom is -0.378 e. The number of nitrogens with zero attached hydrogens (tertiary/aromatic N) is 8. The molecule has 212 valence electrons. The lowest BCUT2D eigenvalue weighted by molar-refractivity contribution is -0.131. The van der Waals surface area contributed by atoms with Gasteiger partial charge in [-0.05, 0) is 44.7 Å². The summed E-state index contributed by atoms with van der Waals surface area (Å²) in [5.41, 5.74) is 5.06. The van der Waals surface area contributed by atoms with Crippen LogP contribution in [0.25, 0.3) is 11.4 Å². The molecule has 14 heteroatoms. The molecule has 12 nitrogen and oxygen atoms in total. The number of nitrogens with one attached hydrogen (secondary N) is 1. The fourth-order valence-corrected chi connectivity index (χ4v) is 5.29. The van der Waals surface area contributed by atoms with E-state index in [4.69, 9.17) is 10.5 Å². The molecule has 0 radical (unpaired) electrons. The molecule has 5 heterocycles. The number of morpholine rings is 1. The number of hydrogen-bond acceptors (Lipinski definition) is 11. The summed E-state index contributed by atoms with van der Waals surface area (Å²) in [6.07, 6.45) is 3.31. The maximum atomic E-state index is 13.8. The van der Waals surface area contributed by atoms with Crippen molar-refractivity contribution in [1.82, 2.24) is 35.1 Å². The molecule has 3 aliphatic rings. The van der Waals surface area contributed by atoms with Crippen LogP contribution in [0.1, 0.15) is 44.2 Å². The van der Waals surface area contributed by atoms with Crippen LogP contribution in [0.4, 0.5) is 26.6 Å². The first-order chi connectivity index (χ1) is 19.0. The van der Waals surface area contributed by atoms with Gasteiger partial charge in [0, 0.05) is 51.9 Å². The number of nitrogen functional groups attached to an aromatic ring is 1. The van der Waals surface area contributed by atoms with E-state index in [2.05, 4.69) is 30.2 Å². The molecule has 0 bridgehead atoms. The first kappa shape index (κ1) is 27.3. The first-order valence-corrected chi connectivity index (χ1v) is 13.7. The molecule has 1 amide bonds. The van der Waals surface area contributed by atoms with E-state index in [1.165, 1.54) is 19.0 Å². The molecule has 0 unspecified atom stereocenters. The zero-order valence-electron chi connectivity index (χ0n) is 22.1. The topological polar surface area (TPSA) is 139 Å². The highest BCUT2D eigenvalue weighted by Crippen LogP contribution is 2.30. The van der Waals surface area contributed by atoms with Crippen LogP contribution in [-0.4, -0.2) is 101 Å². The molecule has 0 spiro atoms. The molecule has 5 rings (SSSR count). The lowest BCUT2D eigenvalue weighted by Crippen LogP contribution is -2.49. The SMILES string of the molecule is Nc1ncc(-c2nc(N3CCOCC3)nc(N3CCN(C(=O)CCCC4CCNCC4)CC3)n2)c(C(F)F)n1. The Hall–Kier alpha value is -3.26. The van der Waals surface area contributed by atoms with Crippen molar-refractivity contribution in [1.29, 1.82) is 0 Å². The van der Waals surface area contributed by atoms with Crippen LogP contribution in [-0.2, 0) is 9.53 Å². The average Bonchev–Trinajstić information content (AvgIpc) is 2.98. The summed E-state index contributed by atoms with van der Waals surface area (Å²) >= 11 is 0. The van der Waals surface area contributed by atoms with Crippen molar-refractivity contribution in [3.05, 3.63) is 11.9 Å². The van der Waals surface area contributed by atoms with Gasteiger partial charge in [0.1, 0.15) is 5.69 Å². The first-order valence-electron chi connectivity index (χ1n) is 13.7. The van der Waals surface area contributed by atoms with Gasteiger partial charge in [0.15, 0.2) is 5.82 Å². The number of aromatic nitrogens is 5. The van der Waals surface area contributed by atoms with Crippen LogP contribution < -0.4 is 20.9 Å². The van der Waals surface area contributed by atoms with Crippen molar-refractivity contribution in [3.63, 3.8) is 0 Å². The summed E-state index contributed by atoms with van der Waals surface area (Å²) < 4.78 is 33.1. The number of piperidine rings is 1. The molecule has 39 heavy (non-hydrogen) atoms. The summed E-state index contributed by atoms with van der Waals surface area (Å²) in [5, 5.41) is 3.38. The van der Waals surface area contributed by atoms with Gasteiger partial charge in [-0.25, -0.2) is 18.7 Å². The Bertz CT molecular complexity index is 1120. The number of piperazine rings is 1. The van der Waals surface area contributed by atoms with Gasteiger partial charge in [-0.3, -0.25) is 4.79 Å². The number of anilines is 3. The van der Waals surface area contributed by atoms with Gasteiger partial charge in [0.05, 0.1) is 18.8 Å². The van der Waals surface area contributed by atoms with Crippen molar-refractivity contribution in [2.75, 3.05) is 81.1 Å². The van der Waals surface area contributed by atoms with Gasteiger partial charge in [0.25, 0.3) is 6.43 Å². The number of carbonyl (C=O) groups is 1. The van der Waals surface area contributed by atoms with Gasteiger partial charge in [-0.15, -0.1) is 0 Å². The van der Waals surface area contributed by atoms with Gasteiger partial charge in [-0.2, -0.15) is 15.0 Å². The van der Waals surface area contributed by atoms with Crippen molar-refractivity contribution >= 4 is 23.8 Å². The molecule has 3 aliphatic heterocycles. The van der Waals surface area contributed by atoms with Crippen LogP contribution >= 0.6 is 0 Å². The summed E-state index contributed by atoms with van der Waals surface area (Å²) in [7, 11) is 0. The highest BCUT2D eigenvalue weighted by Gasteiger charge is 2.27. The molecule has 2 aromatic heterocycles. The van der Waals surface area contributed by atoms with E-state index in [-0.39, 0.29) is 23.2 Å². The predicted octanol–water partition coefficient (Wildman–Crippen LogP) is 1.50. The third-order valence-electron chi connectivity index (χ3n) is 7.57. The number of amides is 1. The lowest BCUT2D eigenvalue weighted by atomic mass is 9.92. The normalized spacial score (nSPS) is 19.1. The fraction of sp³-hybridized carbons (Fsp3) is 0.680. The van der Waals surface area contributed by atoms with E-state index < -0.39 is 12.1 Å². The minimum absolute atomic E-state index is 0.0138. The predicted molar refractivity (Wildman–Crippen MR) is 141 cm³/mol. The molecule has 0 aliphatic carbocycles. The van der Waals surface area contributed by atoms with E-state index in [0.29, 0.717) is 76.7 Å². The molecule has 0 atom stereocenters. The van der Waals surface area contributed by atoms with E-state index in [0.717, 1.165) is 25.9 Å². The molecular formula is C25H36F2N10O2. The maximum Gasteiger partial charge on any atom is 0.281 e. The van der Waals surface area contributed by atoms with Crippen LogP contribution in [0.2, 0.25) is 0 Å². The Balaban J connectivity index is 1.29. The van der Waals surface area contributed by atoms with Crippen molar-refractivity contribution in [2.24, 2.45) is 5.92 Å². The van der Waals surface area contributed by atoms with Crippen LogP contribution in [0.5, 0.6) is 0 Å². The van der Waals surface area contributed by atoms with E-state index in [9.17, 15) is 13.6 Å². The smallest absolute Gasteiger partial charge is 0.281 e. The number of ether oxygens (including phenoxy) is 1.